The minimum absolute atomic E-state index is 0.0897. The Morgan fingerprint density at radius 2 is 1.59 bits per heavy atom. The lowest BCUT2D eigenvalue weighted by Gasteiger charge is -2.34. The number of hydrogen-bond donors (Lipinski definition) is 1. The summed E-state index contributed by atoms with van der Waals surface area (Å²) < 4.78 is 33.9. The number of nitrogens with zero attached hydrogens (tertiary/aromatic N) is 1. The van der Waals surface area contributed by atoms with Gasteiger partial charge >= 0.3 is 0 Å². The van der Waals surface area contributed by atoms with Crippen molar-refractivity contribution in [2.24, 2.45) is 0 Å². The molecule has 1 heterocycles. The summed E-state index contributed by atoms with van der Waals surface area (Å²) in [5, 5.41) is 5.08. The standard InChI is InChI=1S/C27H24N2O4S/c30-27(28-17-22-13-8-12-21-11-4-5-14-23(21)22)26-18-29(24-15-6-7-16-25(24)33-26)34(31,32)19-20-9-2-1-3-10-20/h1-16,26H,17-19H2,(H,28,30). The molecular weight excluding hydrogens is 448 g/mol. The van der Waals surface area contributed by atoms with Crippen LogP contribution in [0.3, 0.4) is 0 Å². The first kappa shape index (κ1) is 22.0. The van der Waals surface area contributed by atoms with Crippen molar-refractivity contribution >= 4 is 32.4 Å². The molecule has 4 aromatic rings. The number of hydrogen-bond acceptors (Lipinski definition) is 4. The summed E-state index contributed by atoms with van der Waals surface area (Å²) in [6.45, 7) is 0.228. The summed E-state index contributed by atoms with van der Waals surface area (Å²) in [4.78, 5) is 13.1. The molecule has 6 nitrogen and oxygen atoms in total. The predicted molar refractivity (Wildman–Crippen MR) is 133 cm³/mol. The van der Waals surface area contributed by atoms with Crippen molar-refractivity contribution in [1.82, 2.24) is 5.32 Å². The zero-order valence-corrected chi connectivity index (χ0v) is 19.2. The van der Waals surface area contributed by atoms with E-state index in [0.29, 0.717) is 23.5 Å². The summed E-state index contributed by atoms with van der Waals surface area (Å²) >= 11 is 0. The fourth-order valence-electron chi connectivity index (χ4n) is 4.21. The molecule has 1 amide bonds. The van der Waals surface area contributed by atoms with Gasteiger partial charge in [0, 0.05) is 6.54 Å². The van der Waals surface area contributed by atoms with Gasteiger partial charge in [0.2, 0.25) is 10.0 Å². The van der Waals surface area contributed by atoms with Crippen molar-refractivity contribution in [2.45, 2.75) is 18.4 Å². The molecule has 0 saturated carbocycles. The maximum Gasteiger partial charge on any atom is 0.263 e. The van der Waals surface area contributed by atoms with Crippen LogP contribution in [0.5, 0.6) is 5.75 Å². The van der Waals surface area contributed by atoms with Crippen molar-refractivity contribution in [3.05, 3.63) is 108 Å². The Morgan fingerprint density at radius 1 is 0.882 bits per heavy atom. The van der Waals surface area contributed by atoms with Crippen LogP contribution in [-0.2, 0) is 27.1 Å². The SMILES string of the molecule is O=C(NCc1cccc2ccccc12)C1CN(S(=O)(=O)Cc2ccccc2)c2ccccc2O1. The lowest BCUT2D eigenvalue weighted by atomic mass is 10.0. The number of para-hydroxylation sites is 2. The molecule has 0 bridgehead atoms. The van der Waals surface area contributed by atoms with Gasteiger partial charge < -0.3 is 10.1 Å². The highest BCUT2D eigenvalue weighted by Crippen LogP contribution is 2.35. The third-order valence-electron chi connectivity index (χ3n) is 5.89. The van der Waals surface area contributed by atoms with Gasteiger partial charge in [-0.05, 0) is 34.0 Å². The number of fused-ring (bicyclic) bond motifs is 2. The minimum atomic E-state index is -3.74. The highest BCUT2D eigenvalue weighted by molar-refractivity contribution is 7.92. The first-order valence-corrected chi connectivity index (χ1v) is 12.7. The molecule has 1 aliphatic heterocycles. The van der Waals surface area contributed by atoms with Crippen LogP contribution in [0.25, 0.3) is 10.8 Å². The molecule has 0 aliphatic carbocycles. The number of carbonyl (C=O) groups excluding carboxylic acids is 1. The van der Waals surface area contributed by atoms with E-state index in [4.69, 9.17) is 4.74 Å². The van der Waals surface area contributed by atoms with Crippen LogP contribution in [0.15, 0.2) is 97.1 Å². The maximum absolute atomic E-state index is 13.4. The quantitative estimate of drug-likeness (QED) is 0.455. The number of benzene rings is 4. The Bertz CT molecular complexity index is 1430. The number of ether oxygens (including phenoxy) is 1. The fourth-order valence-corrected chi connectivity index (χ4v) is 5.79. The van der Waals surface area contributed by atoms with Gasteiger partial charge in [0.1, 0.15) is 5.75 Å². The van der Waals surface area contributed by atoms with Gasteiger partial charge in [-0.25, -0.2) is 8.42 Å². The normalized spacial score (nSPS) is 15.4. The van der Waals surface area contributed by atoms with Crippen molar-refractivity contribution in [3.63, 3.8) is 0 Å². The summed E-state index contributed by atoms with van der Waals surface area (Å²) in [6.07, 6.45) is -0.963. The second kappa shape index (κ2) is 9.19. The van der Waals surface area contributed by atoms with E-state index in [1.54, 1.807) is 36.4 Å². The van der Waals surface area contributed by atoms with E-state index in [9.17, 15) is 13.2 Å². The highest BCUT2D eigenvalue weighted by atomic mass is 32.2. The van der Waals surface area contributed by atoms with Gasteiger partial charge in [-0.1, -0.05) is 84.9 Å². The van der Waals surface area contributed by atoms with Gasteiger partial charge in [-0.2, -0.15) is 0 Å². The number of nitrogens with one attached hydrogen (secondary N) is 1. The number of amides is 1. The molecular formula is C27H24N2O4S. The van der Waals surface area contributed by atoms with Crippen molar-refractivity contribution in [2.75, 3.05) is 10.8 Å². The Hall–Kier alpha value is -3.84. The van der Waals surface area contributed by atoms with Crippen LogP contribution >= 0.6 is 0 Å². The topological polar surface area (TPSA) is 75.7 Å². The Morgan fingerprint density at radius 3 is 2.44 bits per heavy atom. The van der Waals surface area contributed by atoms with Crippen LogP contribution < -0.4 is 14.4 Å². The molecule has 0 fully saturated rings. The summed E-state index contributed by atoms with van der Waals surface area (Å²) in [6, 6.07) is 29.8. The molecule has 34 heavy (non-hydrogen) atoms. The molecule has 0 saturated heterocycles. The Labute approximate surface area is 198 Å². The molecule has 4 aromatic carbocycles. The molecule has 1 aliphatic rings. The molecule has 0 aromatic heterocycles. The van der Waals surface area contributed by atoms with Crippen molar-refractivity contribution in [3.8, 4) is 5.75 Å². The highest BCUT2D eigenvalue weighted by Gasteiger charge is 2.36. The predicted octanol–water partition coefficient (Wildman–Crippen LogP) is 4.25. The van der Waals surface area contributed by atoms with Gasteiger partial charge in [0.05, 0.1) is 18.0 Å². The van der Waals surface area contributed by atoms with E-state index >= 15 is 0 Å². The molecule has 172 valence electrons. The van der Waals surface area contributed by atoms with E-state index < -0.39 is 16.1 Å². The average Bonchev–Trinajstić information content (AvgIpc) is 2.87. The number of anilines is 1. The second-order valence-corrected chi connectivity index (χ2v) is 10.1. The molecule has 1 N–H and O–H groups in total. The monoisotopic (exact) mass is 472 g/mol. The van der Waals surface area contributed by atoms with Crippen LogP contribution in [0.4, 0.5) is 5.69 Å². The second-order valence-electron chi connectivity index (χ2n) is 8.20. The van der Waals surface area contributed by atoms with Crippen LogP contribution in [0.2, 0.25) is 0 Å². The van der Waals surface area contributed by atoms with Gasteiger partial charge in [-0.3, -0.25) is 9.10 Å². The van der Waals surface area contributed by atoms with E-state index in [1.807, 2.05) is 60.7 Å². The average molecular weight is 473 g/mol. The molecule has 7 heteroatoms. The number of carbonyl (C=O) groups is 1. The first-order valence-electron chi connectivity index (χ1n) is 11.1. The molecule has 0 spiro atoms. The van der Waals surface area contributed by atoms with E-state index in [1.165, 1.54) is 4.31 Å². The largest absolute Gasteiger partial charge is 0.476 e. The molecule has 1 atom stereocenters. The third kappa shape index (κ3) is 4.47. The van der Waals surface area contributed by atoms with Crippen molar-refractivity contribution < 1.29 is 17.9 Å². The summed E-state index contributed by atoms with van der Waals surface area (Å²) in [5.74, 6) is -0.148. The van der Waals surface area contributed by atoms with E-state index in [0.717, 1.165) is 16.3 Å². The minimum Gasteiger partial charge on any atom is -0.476 e. The van der Waals surface area contributed by atoms with Gasteiger partial charge in [0.25, 0.3) is 5.91 Å². The van der Waals surface area contributed by atoms with Gasteiger partial charge in [-0.15, -0.1) is 0 Å². The van der Waals surface area contributed by atoms with E-state index in [-0.39, 0.29) is 18.2 Å². The van der Waals surface area contributed by atoms with Crippen LogP contribution in [-0.4, -0.2) is 27.0 Å². The van der Waals surface area contributed by atoms with E-state index in [2.05, 4.69) is 5.32 Å². The Kier molecular flexibility index (Phi) is 5.94. The molecule has 5 rings (SSSR count). The zero-order chi connectivity index (χ0) is 23.5. The Balaban J connectivity index is 1.37. The lowest BCUT2D eigenvalue weighted by molar-refractivity contribution is -0.127. The van der Waals surface area contributed by atoms with Crippen molar-refractivity contribution in [1.29, 1.82) is 0 Å². The lowest BCUT2D eigenvalue weighted by Crippen LogP contribution is -2.50. The zero-order valence-electron chi connectivity index (χ0n) is 18.4. The fraction of sp³-hybridized carbons (Fsp3) is 0.148. The smallest absolute Gasteiger partial charge is 0.263 e. The molecule has 1 unspecified atom stereocenters. The maximum atomic E-state index is 13.4. The molecule has 0 radical (unpaired) electrons. The van der Waals surface area contributed by atoms with Crippen LogP contribution in [0, 0.1) is 0 Å². The third-order valence-corrected chi connectivity index (χ3v) is 7.60. The number of rotatable bonds is 6. The van der Waals surface area contributed by atoms with Crippen LogP contribution in [0.1, 0.15) is 11.1 Å². The summed E-state index contributed by atoms with van der Waals surface area (Å²) in [7, 11) is -3.74. The van der Waals surface area contributed by atoms with Gasteiger partial charge in [0.15, 0.2) is 6.10 Å². The first-order chi connectivity index (χ1) is 16.5. The number of sulfonamides is 1. The summed E-state index contributed by atoms with van der Waals surface area (Å²) in [5.41, 5.74) is 2.11.